The number of allylic oxidation sites excluding steroid dienone is 1. The van der Waals surface area contributed by atoms with E-state index in [0.717, 1.165) is 30.6 Å². The van der Waals surface area contributed by atoms with E-state index in [1.807, 2.05) is 0 Å². The SMILES string of the molecule is CCCCC[C@H]1CC[C@H]([C@H]2CC[C@H](C=C(F)F)CC2)CC1. The number of halogens is 2. The van der Waals surface area contributed by atoms with Gasteiger partial charge in [0.25, 0.3) is 6.08 Å². The standard InChI is InChI=1S/C19H32F2/c1-2-3-4-5-15-6-10-17(11-7-15)18-12-8-16(9-13-18)14-19(20)21/h14-18H,2-13H2,1H3/t15-,16-,17-,18-. The molecule has 0 N–H and O–H groups in total. The first kappa shape index (κ1) is 17.0. The first-order chi connectivity index (χ1) is 10.2. The highest BCUT2D eigenvalue weighted by Crippen LogP contribution is 2.42. The van der Waals surface area contributed by atoms with Gasteiger partial charge in [0.1, 0.15) is 0 Å². The van der Waals surface area contributed by atoms with Gasteiger partial charge in [0, 0.05) is 0 Å². The molecule has 0 aliphatic heterocycles. The fourth-order valence-electron chi connectivity index (χ4n) is 4.59. The molecule has 21 heavy (non-hydrogen) atoms. The molecule has 0 aromatic carbocycles. The molecule has 0 atom stereocenters. The number of hydrogen-bond acceptors (Lipinski definition) is 0. The Bertz CT molecular complexity index is 304. The maximum absolute atomic E-state index is 12.3. The molecule has 2 aliphatic carbocycles. The molecule has 0 saturated heterocycles. The Morgan fingerprint density at radius 3 is 1.95 bits per heavy atom. The third-order valence-corrected chi connectivity index (χ3v) is 5.95. The van der Waals surface area contributed by atoms with Crippen LogP contribution in [0.15, 0.2) is 12.2 Å². The zero-order valence-corrected chi connectivity index (χ0v) is 13.6. The topological polar surface area (TPSA) is 0 Å². The van der Waals surface area contributed by atoms with Crippen molar-refractivity contribution in [3.05, 3.63) is 12.2 Å². The maximum Gasteiger partial charge on any atom is 0.266 e. The van der Waals surface area contributed by atoms with E-state index in [9.17, 15) is 8.78 Å². The number of hydrogen-bond donors (Lipinski definition) is 0. The fraction of sp³-hybridized carbons (Fsp3) is 0.895. The minimum atomic E-state index is -1.48. The summed E-state index contributed by atoms with van der Waals surface area (Å²) in [6.07, 6.45) is 15.3. The summed E-state index contributed by atoms with van der Waals surface area (Å²) in [5, 5.41) is 0. The Hall–Kier alpha value is -0.400. The molecule has 2 fully saturated rings. The van der Waals surface area contributed by atoms with Crippen molar-refractivity contribution in [2.24, 2.45) is 23.7 Å². The van der Waals surface area contributed by atoms with Crippen LogP contribution in [0, 0.1) is 23.7 Å². The average molecular weight is 298 g/mol. The predicted molar refractivity (Wildman–Crippen MR) is 85.3 cm³/mol. The van der Waals surface area contributed by atoms with Crippen LogP contribution in [-0.4, -0.2) is 0 Å². The fourth-order valence-corrected chi connectivity index (χ4v) is 4.59. The highest BCUT2D eigenvalue weighted by Gasteiger charge is 2.30. The first-order valence-electron chi connectivity index (χ1n) is 9.21. The minimum Gasteiger partial charge on any atom is -0.174 e. The van der Waals surface area contributed by atoms with E-state index in [2.05, 4.69) is 6.92 Å². The van der Waals surface area contributed by atoms with Crippen LogP contribution in [0.1, 0.15) is 84.0 Å². The summed E-state index contributed by atoms with van der Waals surface area (Å²) in [7, 11) is 0. The highest BCUT2D eigenvalue weighted by molar-refractivity contribution is 4.92. The lowest BCUT2D eigenvalue weighted by Gasteiger charge is -2.37. The molecule has 2 rings (SSSR count). The van der Waals surface area contributed by atoms with Gasteiger partial charge in [-0.25, -0.2) is 0 Å². The maximum atomic E-state index is 12.3. The van der Waals surface area contributed by atoms with Crippen molar-refractivity contribution in [2.45, 2.75) is 84.0 Å². The first-order valence-corrected chi connectivity index (χ1v) is 9.21. The Labute approximate surface area is 129 Å². The smallest absolute Gasteiger partial charge is 0.174 e. The van der Waals surface area contributed by atoms with Crippen molar-refractivity contribution in [3.63, 3.8) is 0 Å². The molecular formula is C19H32F2. The van der Waals surface area contributed by atoms with Crippen molar-refractivity contribution in [1.29, 1.82) is 0 Å². The summed E-state index contributed by atoms with van der Waals surface area (Å²) in [4.78, 5) is 0. The molecule has 0 heterocycles. The van der Waals surface area contributed by atoms with Crippen LogP contribution in [0.2, 0.25) is 0 Å². The second-order valence-corrected chi connectivity index (χ2v) is 7.41. The van der Waals surface area contributed by atoms with E-state index >= 15 is 0 Å². The van der Waals surface area contributed by atoms with Gasteiger partial charge in [-0.2, -0.15) is 8.78 Å². The predicted octanol–water partition coefficient (Wildman–Crippen LogP) is 6.96. The molecule has 0 radical (unpaired) electrons. The summed E-state index contributed by atoms with van der Waals surface area (Å²) in [5.41, 5.74) is 0. The monoisotopic (exact) mass is 298 g/mol. The van der Waals surface area contributed by atoms with E-state index in [1.165, 1.54) is 70.3 Å². The van der Waals surface area contributed by atoms with Gasteiger partial charge in [0.05, 0.1) is 0 Å². The summed E-state index contributed by atoms with van der Waals surface area (Å²) in [6, 6.07) is 0. The molecule has 0 aromatic heterocycles. The van der Waals surface area contributed by atoms with Crippen LogP contribution in [-0.2, 0) is 0 Å². The van der Waals surface area contributed by atoms with Gasteiger partial charge in [-0.05, 0) is 68.3 Å². The second kappa shape index (κ2) is 8.90. The lowest BCUT2D eigenvalue weighted by atomic mass is 9.68. The second-order valence-electron chi connectivity index (χ2n) is 7.41. The van der Waals surface area contributed by atoms with E-state index in [0.29, 0.717) is 0 Å². The van der Waals surface area contributed by atoms with Crippen molar-refractivity contribution in [1.82, 2.24) is 0 Å². The zero-order valence-electron chi connectivity index (χ0n) is 13.6. The Morgan fingerprint density at radius 1 is 0.857 bits per heavy atom. The third-order valence-electron chi connectivity index (χ3n) is 5.95. The van der Waals surface area contributed by atoms with Crippen molar-refractivity contribution >= 4 is 0 Å². The number of unbranched alkanes of at least 4 members (excludes halogenated alkanes) is 2. The van der Waals surface area contributed by atoms with Crippen molar-refractivity contribution in [2.75, 3.05) is 0 Å². The van der Waals surface area contributed by atoms with Crippen LogP contribution < -0.4 is 0 Å². The van der Waals surface area contributed by atoms with Gasteiger partial charge in [-0.15, -0.1) is 0 Å². The third kappa shape index (κ3) is 5.71. The van der Waals surface area contributed by atoms with Gasteiger partial charge in [-0.3, -0.25) is 0 Å². The summed E-state index contributed by atoms with van der Waals surface area (Å²) in [5.74, 6) is 2.85. The number of rotatable bonds is 6. The van der Waals surface area contributed by atoms with Crippen LogP contribution in [0.25, 0.3) is 0 Å². The van der Waals surface area contributed by atoms with Crippen LogP contribution in [0.4, 0.5) is 8.78 Å². The molecule has 2 saturated carbocycles. The van der Waals surface area contributed by atoms with Crippen LogP contribution in [0.3, 0.4) is 0 Å². The van der Waals surface area contributed by atoms with Gasteiger partial charge in [0.2, 0.25) is 0 Å². The van der Waals surface area contributed by atoms with E-state index in [-0.39, 0.29) is 5.92 Å². The molecule has 0 spiro atoms. The summed E-state index contributed by atoms with van der Waals surface area (Å²) in [6.45, 7) is 2.28. The lowest BCUT2D eigenvalue weighted by molar-refractivity contribution is 0.150. The van der Waals surface area contributed by atoms with Gasteiger partial charge in [0.15, 0.2) is 0 Å². The Morgan fingerprint density at radius 2 is 1.43 bits per heavy atom. The van der Waals surface area contributed by atoms with Crippen molar-refractivity contribution < 1.29 is 8.78 Å². The summed E-state index contributed by atoms with van der Waals surface area (Å²) < 4.78 is 24.6. The lowest BCUT2D eigenvalue weighted by Crippen LogP contribution is -2.25. The molecule has 0 bridgehead atoms. The molecule has 2 heteroatoms. The van der Waals surface area contributed by atoms with E-state index in [1.54, 1.807) is 0 Å². The zero-order chi connectivity index (χ0) is 15.1. The minimum absolute atomic E-state index is 0.150. The Balaban J connectivity index is 1.66. The summed E-state index contributed by atoms with van der Waals surface area (Å²) >= 11 is 0. The largest absolute Gasteiger partial charge is 0.266 e. The van der Waals surface area contributed by atoms with Gasteiger partial charge < -0.3 is 0 Å². The van der Waals surface area contributed by atoms with Crippen LogP contribution >= 0.6 is 0 Å². The normalized spacial score (nSPS) is 33.7. The van der Waals surface area contributed by atoms with E-state index in [4.69, 9.17) is 0 Å². The molecule has 2 aliphatic rings. The van der Waals surface area contributed by atoms with Crippen molar-refractivity contribution in [3.8, 4) is 0 Å². The Kier molecular flexibility index (Phi) is 7.19. The molecule has 122 valence electrons. The van der Waals surface area contributed by atoms with Gasteiger partial charge in [-0.1, -0.05) is 45.4 Å². The van der Waals surface area contributed by atoms with Gasteiger partial charge >= 0.3 is 0 Å². The molecule has 0 unspecified atom stereocenters. The molecule has 0 nitrogen and oxygen atoms in total. The van der Waals surface area contributed by atoms with Crippen LogP contribution in [0.5, 0.6) is 0 Å². The van der Waals surface area contributed by atoms with E-state index < -0.39 is 6.08 Å². The average Bonchev–Trinajstić information content (AvgIpc) is 2.49. The molecular weight excluding hydrogens is 266 g/mol. The highest BCUT2D eigenvalue weighted by atomic mass is 19.3. The molecule has 0 amide bonds. The quantitative estimate of drug-likeness (QED) is 0.465. The molecule has 0 aromatic rings.